The Morgan fingerprint density at radius 3 is 2.65 bits per heavy atom. The lowest BCUT2D eigenvalue weighted by atomic mass is 9.95. The van der Waals surface area contributed by atoms with Crippen molar-refractivity contribution < 1.29 is 23.1 Å². The fourth-order valence-corrected chi connectivity index (χ4v) is 2.60. The first-order valence-electron chi connectivity index (χ1n) is 6.99. The summed E-state index contributed by atoms with van der Waals surface area (Å²) in [5, 5.41) is 9.70. The van der Waals surface area contributed by atoms with Crippen molar-refractivity contribution in [3.63, 3.8) is 0 Å². The maximum atomic E-state index is 12.9. The van der Waals surface area contributed by atoms with Crippen LogP contribution in [-0.4, -0.2) is 47.3 Å². The number of piperidine rings is 1. The van der Waals surface area contributed by atoms with Crippen LogP contribution in [0.2, 0.25) is 0 Å². The van der Waals surface area contributed by atoms with Gasteiger partial charge in [-0.3, -0.25) is 9.69 Å². The molecule has 0 aliphatic carbocycles. The number of amides is 1. The summed E-state index contributed by atoms with van der Waals surface area (Å²) in [6, 6.07) is -1.38. The molecule has 1 unspecified atom stereocenters. The summed E-state index contributed by atoms with van der Waals surface area (Å²) in [4.78, 5) is 12.1. The van der Waals surface area contributed by atoms with Crippen LogP contribution in [0.5, 0.6) is 0 Å². The van der Waals surface area contributed by atoms with E-state index in [4.69, 9.17) is 5.73 Å². The third-order valence-corrected chi connectivity index (χ3v) is 3.93. The summed E-state index contributed by atoms with van der Waals surface area (Å²) in [5.74, 6) is -0.853. The van der Waals surface area contributed by atoms with E-state index >= 15 is 0 Å². The third kappa shape index (κ3) is 5.28. The van der Waals surface area contributed by atoms with Gasteiger partial charge in [-0.15, -0.1) is 0 Å². The quantitative estimate of drug-likeness (QED) is 0.783. The van der Waals surface area contributed by atoms with Gasteiger partial charge in [-0.1, -0.05) is 13.3 Å². The maximum absolute atomic E-state index is 12.9. The fourth-order valence-electron chi connectivity index (χ4n) is 2.60. The normalized spacial score (nSPS) is 24.4. The lowest BCUT2D eigenvalue weighted by molar-refractivity contribution is -0.191. The molecule has 1 heterocycles. The molecule has 1 saturated heterocycles. The highest BCUT2D eigenvalue weighted by Gasteiger charge is 2.44. The number of likely N-dealkylation sites (tertiary alicyclic amines) is 1. The molecular weight excluding hydrogens is 273 g/mol. The van der Waals surface area contributed by atoms with Crippen LogP contribution in [0.4, 0.5) is 13.2 Å². The number of nitrogens with two attached hydrogens (primary N) is 1. The Balaban J connectivity index is 2.47. The zero-order chi connectivity index (χ0) is 15.3. The Hall–Kier alpha value is -0.820. The van der Waals surface area contributed by atoms with E-state index in [0.717, 1.165) is 6.42 Å². The van der Waals surface area contributed by atoms with Crippen LogP contribution in [-0.2, 0) is 4.79 Å². The van der Waals surface area contributed by atoms with Crippen molar-refractivity contribution in [2.24, 2.45) is 11.7 Å². The number of primary amides is 1. The van der Waals surface area contributed by atoms with Crippen molar-refractivity contribution in [3.8, 4) is 0 Å². The van der Waals surface area contributed by atoms with Crippen molar-refractivity contribution in [2.75, 3.05) is 13.1 Å². The van der Waals surface area contributed by atoms with Crippen LogP contribution in [0.15, 0.2) is 0 Å². The molecule has 4 nitrogen and oxygen atoms in total. The van der Waals surface area contributed by atoms with Crippen molar-refractivity contribution in [2.45, 2.75) is 57.3 Å². The summed E-state index contributed by atoms with van der Waals surface area (Å²) in [6.45, 7) is 2.43. The molecule has 20 heavy (non-hydrogen) atoms. The van der Waals surface area contributed by atoms with Gasteiger partial charge in [0.1, 0.15) is 6.04 Å². The molecule has 0 bridgehead atoms. The molecule has 0 aromatic rings. The molecule has 1 aliphatic heterocycles. The van der Waals surface area contributed by atoms with E-state index in [1.807, 2.05) is 0 Å². The SMILES string of the molecule is C[C@H](CCN1CCCCC1C(F)(F)F)[C@@H](O)CC(N)=O. The number of hydrogen-bond acceptors (Lipinski definition) is 3. The average Bonchev–Trinajstić information content (AvgIpc) is 2.34. The molecule has 1 fully saturated rings. The summed E-state index contributed by atoms with van der Waals surface area (Å²) in [7, 11) is 0. The molecule has 1 rings (SSSR count). The Kier molecular flexibility index (Phi) is 6.26. The predicted octanol–water partition coefficient (Wildman–Crippen LogP) is 1.67. The molecular formula is C13H23F3N2O2. The highest BCUT2D eigenvalue weighted by molar-refractivity contribution is 5.74. The minimum Gasteiger partial charge on any atom is -0.392 e. The van der Waals surface area contributed by atoms with E-state index < -0.39 is 24.2 Å². The smallest absolute Gasteiger partial charge is 0.392 e. The van der Waals surface area contributed by atoms with Crippen LogP contribution in [0.3, 0.4) is 0 Å². The van der Waals surface area contributed by atoms with Crippen LogP contribution in [0.25, 0.3) is 0 Å². The molecule has 0 aromatic heterocycles. The van der Waals surface area contributed by atoms with E-state index in [2.05, 4.69) is 0 Å². The molecule has 0 aromatic carbocycles. The Bertz CT molecular complexity index is 323. The number of halogens is 3. The maximum Gasteiger partial charge on any atom is 0.404 e. The first-order chi connectivity index (χ1) is 9.21. The van der Waals surface area contributed by atoms with Crippen molar-refractivity contribution in [1.29, 1.82) is 0 Å². The van der Waals surface area contributed by atoms with Gasteiger partial charge >= 0.3 is 6.18 Å². The zero-order valence-electron chi connectivity index (χ0n) is 11.7. The topological polar surface area (TPSA) is 66.6 Å². The number of nitrogens with zero attached hydrogens (tertiary/aromatic N) is 1. The summed E-state index contributed by atoms with van der Waals surface area (Å²) in [5.41, 5.74) is 4.99. The summed E-state index contributed by atoms with van der Waals surface area (Å²) in [6.07, 6.45) is -3.31. The highest BCUT2D eigenvalue weighted by Crippen LogP contribution is 2.32. The minimum atomic E-state index is -4.20. The van der Waals surface area contributed by atoms with Crippen LogP contribution < -0.4 is 5.73 Å². The zero-order valence-corrected chi connectivity index (χ0v) is 11.7. The first kappa shape index (κ1) is 17.2. The monoisotopic (exact) mass is 296 g/mol. The van der Waals surface area contributed by atoms with E-state index in [9.17, 15) is 23.1 Å². The molecule has 7 heteroatoms. The first-order valence-corrected chi connectivity index (χ1v) is 6.99. The third-order valence-electron chi connectivity index (χ3n) is 3.93. The van der Waals surface area contributed by atoms with Gasteiger partial charge in [0.05, 0.1) is 12.5 Å². The molecule has 0 radical (unpaired) electrons. The Morgan fingerprint density at radius 1 is 1.45 bits per heavy atom. The van der Waals surface area contributed by atoms with Gasteiger partial charge in [0.15, 0.2) is 0 Å². The fraction of sp³-hybridized carbons (Fsp3) is 0.923. The van der Waals surface area contributed by atoms with E-state index in [1.54, 1.807) is 6.92 Å². The number of aliphatic hydroxyl groups excluding tert-OH is 1. The lowest BCUT2D eigenvalue weighted by Gasteiger charge is -2.37. The van der Waals surface area contributed by atoms with Gasteiger partial charge in [-0.2, -0.15) is 13.2 Å². The Labute approximate surface area is 117 Å². The second-order valence-corrected chi connectivity index (χ2v) is 5.59. The average molecular weight is 296 g/mol. The van der Waals surface area contributed by atoms with Crippen molar-refractivity contribution in [1.82, 2.24) is 4.90 Å². The molecule has 3 N–H and O–H groups in total. The number of aliphatic hydroxyl groups is 1. The summed E-state index contributed by atoms with van der Waals surface area (Å²) >= 11 is 0. The predicted molar refractivity (Wildman–Crippen MR) is 68.9 cm³/mol. The highest BCUT2D eigenvalue weighted by atomic mass is 19.4. The van der Waals surface area contributed by atoms with Crippen LogP contribution in [0.1, 0.15) is 39.0 Å². The molecule has 0 saturated carbocycles. The van der Waals surface area contributed by atoms with Gasteiger partial charge in [0.2, 0.25) is 5.91 Å². The summed E-state index contributed by atoms with van der Waals surface area (Å²) < 4.78 is 38.7. The molecule has 118 valence electrons. The van der Waals surface area contributed by atoms with Crippen LogP contribution >= 0.6 is 0 Å². The lowest BCUT2D eigenvalue weighted by Crippen LogP contribution is -2.49. The van der Waals surface area contributed by atoms with Crippen LogP contribution in [0, 0.1) is 5.92 Å². The van der Waals surface area contributed by atoms with Crippen molar-refractivity contribution in [3.05, 3.63) is 0 Å². The largest absolute Gasteiger partial charge is 0.404 e. The van der Waals surface area contributed by atoms with Gasteiger partial charge in [0.25, 0.3) is 0 Å². The van der Waals surface area contributed by atoms with Gasteiger partial charge in [0, 0.05) is 0 Å². The van der Waals surface area contributed by atoms with Crippen molar-refractivity contribution >= 4 is 5.91 Å². The molecule has 0 spiro atoms. The number of hydrogen-bond donors (Lipinski definition) is 2. The standard InChI is InChI=1S/C13H23F3N2O2/c1-9(10(19)8-12(17)20)5-7-18-6-3-2-4-11(18)13(14,15)16/h9-11,19H,2-8H2,1H3,(H2,17,20)/t9-,10+,11?/m1/s1. The number of rotatable bonds is 6. The van der Waals surface area contributed by atoms with E-state index in [1.165, 1.54) is 4.90 Å². The molecule has 1 amide bonds. The van der Waals surface area contributed by atoms with E-state index in [0.29, 0.717) is 19.4 Å². The molecule has 3 atom stereocenters. The number of alkyl halides is 3. The number of carbonyl (C=O) groups is 1. The Morgan fingerprint density at radius 2 is 2.10 bits per heavy atom. The second-order valence-electron chi connectivity index (χ2n) is 5.59. The minimum absolute atomic E-state index is 0.141. The number of carbonyl (C=O) groups excluding carboxylic acids is 1. The second kappa shape index (κ2) is 7.26. The van der Waals surface area contributed by atoms with E-state index in [-0.39, 0.29) is 25.3 Å². The van der Waals surface area contributed by atoms with Gasteiger partial charge in [-0.25, -0.2) is 0 Å². The van der Waals surface area contributed by atoms with Gasteiger partial charge in [-0.05, 0) is 38.3 Å². The van der Waals surface area contributed by atoms with Gasteiger partial charge < -0.3 is 10.8 Å². The molecule has 1 aliphatic rings.